The van der Waals surface area contributed by atoms with Crippen LogP contribution >= 0.6 is 0 Å². The summed E-state index contributed by atoms with van der Waals surface area (Å²) in [7, 11) is 0. The van der Waals surface area contributed by atoms with Crippen LogP contribution in [0, 0.1) is 0 Å². The zero-order valence-electron chi connectivity index (χ0n) is 15.3. The summed E-state index contributed by atoms with van der Waals surface area (Å²) in [6, 6.07) is 11.5. The molecule has 0 radical (unpaired) electrons. The lowest BCUT2D eigenvalue weighted by Crippen LogP contribution is -2.15. The van der Waals surface area contributed by atoms with Crippen LogP contribution in [-0.4, -0.2) is 27.4 Å². The van der Waals surface area contributed by atoms with Crippen LogP contribution in [0.4, 0.5) is 0 Å². The second-order valence-corrected chi connectivity index (χ2v) is 6.86. The minimum atomic E-state index is -0.758. The number of benzene rings is 2. The van der Waals surface area contributed by atoms with Crippen LogP contribution in [0.3, 0.4) is 0 Å². The Balaban J connectivity index is 1.88. The molecule has 1 atom stereocenters. The summed E-state index contributed by atoms with van der Waals surface area (Å²) in [5.41, 5.74) is 3.85. The number of hydrogen-bond donors (Lipinski definition) is 3. The van der Waals surface area contributed by atoms with Gasteiger partial charge in [-0.25, -0.2) is 4.79 Å². The van der Waals surface area contributed by atoms with Crippen molar-refractivity contribution in [1.29, 1.82) is 0 Å². The van der Waals surface area contributed by atoms with Crippen LogP contribution in [0.25, 0.3) is 5.57 Å². The predicted molar refractivity (Wildman–Crippen MR) is 102 cm³/mol. The van der Waals surface area contributed by atoms with E-state index in [1.165, 1.54) is 12.1 Å². The number of esters is 1. The molecule has 1 aliphatic rings. The SMILES string of the molecule is CC(C)=CCc1cc(CC2OC(=O)C(O)=C2c2ccc(O)cc2)ccc1O. The molecule has 0 aliphatic carbocycles. The number of rotatable bonds is 5. The van der Waals surface area contributed by atoms with Crippen LogP contribution in [0.1, 0.15) is 30.5 Å². The molecule has 0 saturated heterocycles. The number of aliphatic hydroxyl groups is 1. The summed E-state index contributed by atoms with van der Waals surface area (Å²) >= 11 is 0. The molecular weight excluding hydrogens is 344 g/mol. The standard InChI is InChI=1S/C22H22O5/c1-13(2)3-5-16-11-14(4-10-18(16)24)12-19-20(21(25)22(26)27-19)15-6-8-17(23)9-7-15/h3-4,6-11,19,23-25H,5,12H2,1-2H3. The summed E-state index contributed by atoms with van der Waals surface area (Å²) in [6.45, 7) is 3.99. The quantitative estimate of drug-likeness (QED) is 0.549. The summed E-state index contributed by atoms with van der Waals surface area (Å²) in [5.74, 6) is -0.847. The van der Waals surface area contributed by atoms with E-state index < -0.39 is 17.8 Å². The molecule has 3 rings (SSSR count). The van der Waals surface area contributed by atoms with Gasteiger partial charge < -0.3 is 20.1 Å². The molecule has 2 aromatic carbocycles. The minimum absolute atomic E-state index is 0.100. The second-order valence-electron chi connectivity index (χ2n) is 6.86. The van der Waals surface area contributed by atoms with E-state index in [1.54, 1.807) is 24.3 Å². The maximum Gasteiger partial charge on any atom is 0.374 e. The molecule has 5 nitrogen and oxygen atoms in total. The number of carbonyl (C=O) groups is 1. The second kappa shape index (κ2) is 7.58. The van der Waals surface area contributed by atoms with Gasteiger partial charge in [0.1, 0.15) is 17.6 Å². The van der Waals surface area contributed by atoms with Gasteiger partial charge in [-0.05, 0) is 55.2 Å². The number of phenolic OH excluding ortho intramolecular Hbond substituents is 2. The zero-order valence-corrected chi connectivity index (χ0v) is 15.3. The Morgan fingerprint density at radius 1 is 1.07 bits per heavy atom. The van der Waals surface area contributed by atoms with E-state index in [0.717, 1.165) is 16.7 Å². The highest BCUT2D eigenvalue weighted by atomic mass is 16.6. The Morgan fingerprint density at radius 3 is 2.44 bits per heavy atom. The van der Waals surface area contributed by atoms with Gasteiger partial charge >= 0.3 is 5.97 Å². The van der Waals surface area contributed by atoms with E-state index in [2.05, 4.69) is 0 Å². The zero-order chi connectivity index (χ0) is 19.6. The number of phenols is 2. The molecule has 3 N–H and O–H groups in total. The monoisotopic (exact) mass is 366 g/mol. The third-order valence-electron chi connectivity index (χ3n) is 4.49. The van der Waals surface area contributed by atoms with Gasteiger partial charge in [0.05, 0.1) is 0 Å². The molecule has 1 aliphatic heterocycles. The van der Waals surface area contributed by atoms with Crippen LogP contribution in [0.2, 0.25) is 0 Å². The van der Waals surface area contributed by atoms with Crippen LogP contribution < -0.4 is 0 Å². The van der Waals surface area contributed by atoms with E-state index >= 15 is 0 Å². The summed E-state index contributed by atoms with van der Waals surface area (Å²) in [4.78, 5) is 11.9. The number of aliphatic hydroxyl groups excluding tert-OH is 1. The van der Waals surface area contributed by atoms with Crippen molar-refractivity contribution in [3.05, 3.63) is 76.6 Å². The van der Waals surface area contributed by atoms with Crippen molar-refractivity contribution in [3.8, 4) is 11.5 Å². The van der Waals surface area contributed by atoms with Gasteiger partial charge in [-0.15, -0.1) is 0 Å². The van der Waals surface area contributed by atoms with Gasteiger partial charge in [-0.1, -0.05) is 35.9 Å². The maximum absolute atomic E-state index is 11.9. The first-order chi connectivity index (χ1) is 12.8. The Kier molecular flexibility index (Phi) is 5.21. The van der Waals surface area contributed by atoms with Gasteiger partial charge in [0, 0.05) is 12.0 Å². The van der Waals surface area contributed by atoms with Crippen molar-refractivity contribution in [2.24, 2.45) is 0 Å². The molecule has 0 fully saturated rings. The first-order valence-corrected chi connectivity index (χ1v) is 8.73. The van der Waals surface area contributed by atoms with Crippen molar-refractivity contribution in [2.45, 2.75) is 32.8 Å². The predicted octanol–water partition coefficient (Wildman–Crippen LogP) is 4.04. The van der Waals surface area contributed by atoms with Crippen molar-refractivity contribution in [1.82, 2.24) is 0 Å². The smallest absolute Gasteiger partial charge is 0.374 e. The topological polar surface area (TPSA) is 87.0 Å². The fraction of sp³-hybridized carbons (Fsp3) is 0.227. The van der Waals surface area contributed by atoms with E-state index in [1.807, 2.05) is 26.0 Å². The van der Waals surface area contributed by atoms with E-state index in [-0.39, 0.29) is 11.5 Å². The maximum atomic E-state index is 11.9. The molecule has 0 amide bonds. The average Bonchev–Trinajstić information content (AvgIpc) is 2.90. The third-order valence-corrected chi connectivity index (χ3v) is 4.49. The molecule has 2 aromatic rings. The lowest BCUT2D eigenvalue weighted by Gasteiger charge is -2.15. The molecule has 0 saturated carbocycles. The molecule has 0 aromatic heterocycles. The number of hydrogen-bond acceptors (Lipinski definition) is 5. The molecule has 140 valence electrons. The largest absolute Gasteiger partial charge is 0.508 e. The van der Waals surface area contributed by atoms with Crippen molar-refractivity contribution >= 4 is 11.5 Å². The highest BCUT2D eigenvalue weighted by Gasteiger charge is 2.35. The Hall–Kier alpha value is -3.21. The number of carbonyl (C=O) groups excluding carboxylic acids is 1. The minimum Gasteiger partial charge on any atom is -0.508 e. The van der Waals surface area contributed by atoms with Crippen LogP contribution in [-0.2, 0) is 22.4 Å². The fourth-order valence-corrected chi connectivity index (χ4v) is 3.07. The molecule has 0 bridgehead atoms. The van der Waals surface area contributed by atoms with Gasteiger partial charge in [0.25, 0.3) is 0 Å². The fourth-order valence-electron chi connectivity index (χ4n) is 3.07. The Labute approximate surface area is 157 Å². The number of aromatic hydroxyl groups is 2. The molecular formula is C22H22O5. The van der Waals surface area contributed by atoms with Crippen molar-refractivity contribution in [2.75, 3.05) is 0 Å². The molecule has 27 heavy (non-hydrogen) atoms. The van der Waals surface area contributed by atoms with Gasteiger partial charge in [-0.2, -0.15) is 0 Å². The van der Waals surface area contributed by atoms with Gasteiger partial charge in [0.2, 0.25) is 5.76 Å². The Bertz CT molecular complexity index is 918. The van der Waals surface area contributed by atoms with E-state index in [4.69, 9.17) is 4.74 Å². The highest BCUT2D eigenvalue weighted by Crippen LogP contribution is 2.33. The number of allylic oxidation sites excluding steroid dienone is 2. The van der Waals surface area contributed by atoms with Crippen LogP contribution in [0.15, 0.2) is 59.9 Å². The van der Waals surface area contributed by atoms with Crippen LogP contribution in [0.5, 0.6) is 11.5 Å². The normalized spacial score (nSPS) is 16.4. The lowest BCUT2D eigenvalue weighted by molar-refractivity contribution is -0.141. The van der Waals surface area contributed by atoms with Gasteiger partial charge in [-0.3, -0.25) is 0 Å². The first kappa shape index (κ1) is 18.6. The van der Waals surface area contributed by atoms with Crippen molar-refractivity contribution in [3.63, 3.8) is 0 Å². The summed E-state index contributed by atoms with van der Waals surface area (Å²) in [6.07, 6.45) is 2.37. The number of cyclic esters (lactones) is 1. The lowest BCUT2D eigenvalue weighted by atomic mass is 9.94. The molecule has 0 spiro atoms. The number of ether oxygens (including phenoxy) is 1. The van der Waals surface area contributed by atoms with Gasteiger partial charge in [0.15, 0.2) is 0 Å². The summed E-state index contributed by atoms with van der Waals surface area (Å²) < 4.78 is 5.34. The average molecular weight is 366 g/mol. The Morgan fingerprint density at radius 2 is 1.78 bits per heavy atom. The molecule has 1 heterocycles. The summed E-state index contributed by atoms with van der Waals surface area (Å²) in [5, 5.41) is 29.7. The van der Waals surface area contributed by atoms with Crippen molar-refractivity contribution < 1.29 is 24.9 Å². The first-order valence-electron chi connectivity index (χ1n) is 8.73. The molecule has 5 heteroatoms. The highest BCUT2D eigenvalue weighted by molar-refractivity contribution is 6.00. The third kappa shape index (κ3) is 4.14. The van der Waals surface area contributed by atoms with E-state index in [9.17, 15) is 20.1 Å². The molecule has 1 unspecified atom stereocenters. The van der Waals surface area contributed by atoms with E-state index in [0.29, 0.717) is 24.0 Å².